The van der Waals surface area contributed by atoms with E-state index in [1.54, 1.807) is 74.0 Å². The van der Waals surface area contributed by atoms with Gasteiger partial charge in [-0.3, -0.25) is 4.79 Å². The Hall–Kier alpha value is -3.87. The molecule has 1 heterocycles. The number of nitrogens with zero attached hydrogens (tertiary/aromatic N) is 1. The van der Waals surface area contributed by atoms with Crippen LogP contribution in [0, 0.1) is 0 Å². The number of pyridine rings is 1. The van der Waals surface area contributed by atoms with E-state index in [1.807, 2.05) is 0 Å². The van der Waals surface area contributed by atoms with E-state index in [0.29, 0.717) is 28.4 Å². The van der Waals surface area contributed by atoms with Gasteiger partial charge in [0.05, 0.1) is 31.7 Å². The standard InChI is InChI=1S/C21H19N3O4/c1-27-18-10-5-14(6-11-18)20(25)24-17-9-12-19(22-13-17)23-16-7-3-15(4-8-16)21(26)28-2/h3-13H,1-2H3,(H,22,23)(H,24,25). The lowest BCUT2D eigenvalue weighted by Gasteiger charge is -2.09. The molecule has 1 aromatic heterocycles. The molecule has 7 nitrogen and oxygen atoms in total. The van der Waals surface area contributed by atoms with Crippen molar-refractivity contribution < 1.29 is 19.1 Å². The topological polar surface area (TPSA) is 89.6 Å². The number of methoxy groups -OCH3 is 2. The zero-order valence-corrected chi connectivity index (χ0v) is 15.4. The molecule has 2 aromatic carbocycles. The number of rotatable bonds is 6. The minimum absolute atomic E-state index is 0.233. The van der Waals surface area contributed by atoms with Crippen LogP contribution in [-0.2, 0) is 4.74 Å². The van der Waals surface area contributed by atoms with Crippen molar-refractivity contribution in [3.63, 3.8) is 0 Å². The van der Waals surface area contributed by atoms with Crippen LogP contribution in [-0.4, -0.2) is 31.1 Å². The summed E-state index contributed by atoms with van der Waals surface area (Å²) in [5.74, 6) is 0.673. The van der Waals surface area contributed by atoms with E-state index in [0.717, 1.165) is 5.69 Å². The first-order chi connectivity index (χ1) is 13.6. The van der Waals surface area contributed by atoms with Gasteiger partial charge in [0.2, 0.25) is 0 Å². The predicted octanol–water partition coefficient (Wildman–Crippen LogP) is 3.87. The van der Waals surface area contributed by atoms with Crippen molar-refractivity contribution in [2.75, 3.05) is 24.9 Å². The number of aromatic nitrogens is 1. The third kappa shape index (κ3) is 4.64. The van der Waals surface area contributed by atoms with Crippen LogP contribution in [0.5, 0.6) is 5.75 Å². The Kier molecular flexibility index (Phi) is 5.86. The van der Waals surface area contributed by atoms with Crippen molar-refractivity contribution in [2.24, 2.45) is 0 Å². The Bertz CT molecular complexity index is 952. The molecule has 0 unspecified atom stereocenters. The van der Waals surface area contributed by atoms with Crippen molar-refractivity contribution in [1.29, 1.82) is 0 Å². The van der Waals surface area contributed by atoms with Crippen LogP contribution in [0.2, 0.25) is 0 Å². The van der Waals surface area contributed by atoms with E-state index in [1.165, 1.54) is 7.11 Å². The number of ether oxygens (including phenoxy) is 2. The monoisotopic (exact) mass is 377 g/mol. The van der Waals surface area contributed by atoms with Gasteiger partial charge in [-0.25, -0.2) is 9.78 Å². The molecular formula is C21H19N3O4. The number of benzene rings is 2. The summed E-state index contributed by atoms with van der Waals surface area (Å²) >= 11 is 0. The van der Waals surface area contributed by atoms with E-state index >= 15 is 0 Å². The fourth-order valence-corrected chi connectivity index (χ4v) is 2.44. The summed E-state index contributed by atoms with van der Waals surface area (Å²) in [7, 11) is 2.91. The summed E-state index contributed by atoms with van der Waals surface area (Å²) in [5, 5.41) is 5.91. The lowest BCUT2D eigenvalue weighted by molar-refractivity contribution is 0.0600. The number of carbonyl (C=O) groups is 2. The van der Waals surface area contributed by atoms with Gasteiger partial charge >= 0.3 is 5.97 Å². The van der Waals surface area contributed by atoms with Crippen LogP contribution in [0.1, 0.15) is 20.7 Å². The molecule has 0 saturated heterocycles. The van der Waals surface area contributed by atoms with Crippen LogP contribution in [0.25, 0.3) is 0 Å². The first-order valence-electron chi connectivity index (χ1n) is 8.46. The molecule has 0 aliphatic heterocycles. The van der Waals surface area contributed by atoms with E-state index in [9.17, 15) is 9.59 Å². The molecule has 0 fully saturated rings. The highest BCUT2D eigenvalue weighted by Gasteiger charge is 2.07. The average molecular weight is 377 g/mol. The molecule has 3 aromatic rings. The highest BCUT2D eigenvalue weighted by Crippen LogP contribution is 2.18. The molecule has 7 heteroatoms. The van der Waals surface area contributed by atoms with Crippen LogP contribution >= 0.6 is 0 Å². The Morgan fingerprint density at radius 1 is 0.821 bits per heavy atom. The second kappa shape index (κ2) is 8.68. The maximum atomic E-state index is 12.3. The van der Waals surface area contributed by atoms with Gasteiger partial charge in [0.15, 0.2) is 0 Å². The molecule has 0 aliphatic rings. The Morgan fingerprint density at radius 2 is 1.46 bits per heavy atom. The molecule has 0 radical (unpaired) electrons. The largest absolute Gasteiger partial charge is 0.497 e. The number of anilines is 3. The Labute approximate surface area is 162 Å². The smallest absolute Gasteiger partial charge is 0.337 e. The number of hydrogen-bond acceptors (Lipinski definition) is 6. The fourth-order valence-electron chi connectivity index (χ4n) is 2.44. The fraction of sp³-hybridized carbons (Fsp3) is 0.0952. The molecule has 0 atom stereocenters. The molecule has 28 heavy (non-hydrogen) atoms. The number of hydrogen-bond donors (Lipinski definition) is 2. The summed E-state index contributed by atoms with van der Waals surface area (Å²) < 4.78 is 9.75. The Balaban J connectivity index is 1.61. The minimum atomic E-state index is -0.387. The zero-order valence-electron chi connectivity index (χ0n) is 15.4. The van der Waals surface area contributed by atoms with Crippen LogP contribution in [0.3, 0.4) is 0 Å². The first-order valence-corrected chi connectivity index (χ1v) is 8.46. The maximum Gasteiger partial charge on any atom is 0.337 e. The quantitative estimate of drug-likeness (QED) is 0.634. The summed E-state index contributed by atoms with van der Waals surface area (Å²) in [5.41, 5.74) is 2.34. The van der Waals surface area contributed by atoms with E-state index in [2.05, 4.69) is 20.4 Å². The zero-order chi connectivity index (χ0) is 19.9. The van der Waals surface area contributed by atoms with E-state index in [-0.39, 0.29) is 11.9 Å². The first kappa shape index (κ1) is 18.9. The lowest BCUT2D eigenvalue weighted by atomic mass is 10.2. The van der Waals surface area contributed by atoms with Gasteiger partial charge in [0.1, 0.15) is 11.6 Å². The molecule has 1 amide bonds. The SMILES string of the molecule is COC(=O)c1ccc(Nc2ccc(NC(=O)c3ccc(OC)cc3)cn2)cc1. The molecule has 2 N–H and O–H groups in total. The average Bonchev–Trinajstić information content (AvgIpc) is 2.75. The van der Waals surface area contributed by atoms with Crippen LogP contribution in [0.4, 0.5) is 17.2 Å². The molecule has 0 spiro atoms. The number of amides is 1. The van der Waals surface area contributed by atoms with Crippen LogP contribution < -0.4 is 15.4 Å². The summed E-state index contributed by atoms with van der Waals surface area (Å²) in [6, 6.07) is 17.2. The van der Waals surface area contributed by atoms with Gasteiger partial charge in [-0.15, -0.1) is 0 Å². The van der Waals surface area contributed by atoms with Crippen molar-refractivity contribution in [1.82, 2.24) is 4.98 Å². The normalized spacial score (nSPS) is 10.1. The van der Waals surface area contributed by atoms with E-state index in [4.69, 9.17) is 4.74 Å². The predicted molar refractivity (Wildman–Crippen MR) is 106 cm³/mol. The van der Waals surface area contributed by atoms with E-state index < -0.39 is 0 Å². The number of esters is 1. The highest BCUT2D eigenvalue weighted by atomic mass is 16.5. The van der Waals surface area contributed by atoms with Crippen molar-refractivity contribution in [2.45, 2.75) is 0 Å². The van der Waals surface area contributed by atoms with Gasteiger partial charge in [-0.1, -0.05) is 0 Å². The molecular weight excluding hydrogens is 358 g/mol. The molecule has 0 saturated carbocycles. The molecule has 0 aliphatic carbocycles. The van der Waals surface area contributed by atoms with Crippen molar-refractivity contribution in [3.05, 3.63) is 78.0 Å². The second-order valence-corrected chi connectivity index (χ2v) is 5.81. The van der Waals surface area contributed by atoms with Gasteiger partial charge in [0.25, 0.3) is 5.91 Å². The summed E-state index contributed by atoms with van der Waals surface area (Å²) in [6.07, 6.45) is 1.56. The number of nitrogens with one attached hydrogen (secondary N) is 2. The Morgan fingerprint density at radius 3 is 2.04 bits per heavy atom. The van der Waals surface area contributed by atoms with Gasteiger partial charge < -0.3 is 20.1 Å². The second-order valence-electron chi connectivity index (χ2n) is 5.81. The number of carbonyl (C=O) groups excluding carboxylic acids is 2. The maximum absolute atomic E-state index is 12.3. The highest BCUT2D eigenvalue weighted by molar-refractivity contribution is 6.04. The lowest BCUT2D eigenvalue weighted by Crippen LogP contribution is -2.12. The third-order valence-corrected chi connectivity index (χ3v) is 3.95. The third-order valence-electron chi connectivity index (χ3n) is 3.95. The summed E-state index contributed by atoms with van der Waals surface area (Å²) in [4.78, 5) is 28.0. The molecule has 142 valence electrons. The summed E-state index contributed by atoms with van der Waals surface area (Å²) in [6.45, 7) is 0. The van der Waals surface area contributed by atoms with Gasteiger partial charge in [0, 0.05) is 11.3 Å². The minimum Gasteiger partial charge on any atom is -0.497 e. The molecule has 3 rings (SSSR count). The van der Waals surface area contributed by atoms with Crippen LogP contribution in [0.15, 0.2) is 66.9 Å². The van der Waals surface area contributed by atoms with Crippen molar-refractivity contribution in [3.8, 4) is 5.75 Å². The van der Waals surface area contributed by atoms with Crippen molar-refractivity contribution >= 4 is 29.1 Å². The van der Waals surface area contributed by atoms with Gasteiger partial charge in [-0.05, 0) is 60.7 Å². The molecule has 0 bridgehead atoms. The van der Waals surface area contributed by atoms with Gasteiger partial charge in [-0.2, -0.15) is 0 Å².